The molecule has 0 bridgehead atoms. The molecule has 15 heavy (non-hydrogen) atoms. The lowest BCUT2D eigenvalue weighted by molar-refractivity contribution is 0.275. The lowest BCUT2D eigenvalue weighted by atomic mass is 10.1. The summed E-state index contributed by atoms with van der Waals surface area (Å²) >= 11 is 0. The van der Waals surface area contributed by atoms with Crippen LogP contribution < -0.4 is 5.73 Å². The Morgan fingerprint density at radius 2 is 2.13 bits per heavy atom. The second-order valence-corrected chi connectivity index (χ2v) is 3.12. The van der Waals surface area contributed by atoms with Crippen LogP contribution in [0.5, 0.6) is 5.75 Å². The molecule has 1 aromatic carbocycles. The molecule has 0 aliphatic carbocycles. The largest absolute Gasteiger partial charge is 0.508 e. The molecular formula is C10H10N2O3. The average molecular weight is 206 g/mol. The van der Waals surface area contributed by atoms with E-state index in [9.17, 15) is 5.11 Å². The molecule has 0 aliphatic heterocycles. The van der Waals surface area contributed by atoms with Crippen molar-refractivity contribution in [1.82, 2.24) is 5.16 Å². The summed E-state index contributed by atoms with van der Waals surface area (Å²) in [5.74, 6) is 0.243. The van der Waals surface area contributed by atoms with E-state index in [1.54, 1.807) is 18.2 Å². The minimum Gasteiger partial charge on any atom is -0.508 e. The van der Waals surface area contributed by atoms with Crippen LogP contribution in [0, 0.1) is 0 Å². The molecule has 0 unspecified atom stereocenters. The second kappa shape index (κ2) is 3.62. The van der Waals surface area contributed by atoms with Gasteiger partial charge in [-0.15, -0.1) is 0 Å². The van der Waals surface area contributed by atoms with Crippen LogP contribution in [0.25, 0.3) is 11.3 Å². The van der Waals surface area contributed by atoms with Crippen molar-refractivity contribution in [2.75, 3.05) is 5.73 Å². The number of nitrogens with zero attached hydrogens (tertiary/aromatic N) is 1. The highest BCUT2D eigenvalue weighted by Gasteiger charge is 2.07. The fraction of sp³-hybridized carbons (Fsp3) is 0.100. The van der Waals surface area contributed by atoms with Crippen molar-refractivity contribution >= 4 is 5.88 Å². The van der Waals surface area contributed by atoms with Gasteiger partial charge in [-0.3, -0.25) is 0 Å². The van der Waals surface area contributed by atoms with E-state index in [-0.39, 0.29) is 18.2 Å². The maximum Gasteiger partial charge on any atom is 0.222 e. The first kappa shape index (κ1) is 9.54. The predicted molar refractivity (Wildman–Crippen MR) is 53.9 cm³/mol. The number of rotatable bonds is 2. The van der Waals surface area contributed by atoms with Gasteiger partial charge in [-0.2, -0.15) is 0 Å². The molecule has 1 aromatic heterocycles. The summed E-state index contributed by atoms with van der Waals surface area (Å²) in [7, 11) is 0. The molecule has 0 saturated carbocycles. The average Bonchev–Trinajstić information content (AvgIpc) is 2.65. The van der Waals surface area contributed by atoms with E-state index in [0.29, 0.717) is 16.8 Å². The number of hydrogen-bond donors (Lipinski definition) is 3. The van der Waals surface area contributed by atoms with Crippen LogP contribution >= 0.6 is 0 Å². The summed E-state index contributed by atoms with van der Waals surface area (Å²) in [5, 5.41) is 22.1. The van der Waals surface area contributed by atoms with Crippen LogP contribution in [0.1, 0.15) is 5.56 Å². The topological polar surface area (TPSA) is 92.5 Å². The molecule has 0 radical (unpaired) electrons. The zero-order valence-electron chi connectivity index (χ0n) is 7.84. The van der Waals surface area contributed by atoms with Gasteiger partial charge in [0.05, 0.1) is 6.61 Å². The summed E-state index contributed by atoms with van der Waals surface area (Å²) in [5.41, 5.74) is 7.08. The van der Waals surface area contributed by atoms with Gasteiger partial charge < -0.3 is 20.5 Å². The molecule has 0 spiro atoms. The first-order valence-electron chi connectivity index (χ1n) is 4.36. The molecule has 4 N–H and O–H groups in total. The Morgan fingerprint density at radius 1 is 1.33 bits per heavy atom. The van der Waals surface area contributed by atoms with Crippen LogP contribution in [-0.2, 0) is 6.61 Å². The number of nitrogens with two attached hydrogens (primary N) is 1. The summed E-state index contributed by atoms with van der Waals surface area (Å²) < 4.78 is 4.71. The zero-order chi connectivity index (χ0) is 10.8. The van der Waals surface area contributed by atoms with Gasteiger partial charge in [0.1, 0.15) is 11.4 Å². The highest BCUT2D eigenvalue weighted by Crippen LogP contribution is 2.26. The standard InChI is InChI=1S/C10H10N2O3/c11-10-4-8(12-15-10)6-1-2-7(5-13)9(14)3-6/h1-4,13-14H,5,11H2. The smallest absolute Gasteiger partial charge is 0.222 e. The molecule has 0 saturated heterocycles. The van der Waals surface area contributed by atoms with Crippen LogP contribution in [0.3, 0.4) is 0 Å². The Kier molecular flexibility index (Phi) is 2.31. The summed E-state index contributed by atoms with van der Waals surface area (Å²) in [6, 6.07) is 6.41. The van der Waals surface area contributed by atoms with Gasteiger partial charge in [0, 0.05) is 17.2 Å². The molecule has 0 fully saturated rings. The van der Waals surface area contributed by atoms with Crippen LogP contribution in [0.15, 0.2) is 28.8 Å². The molecule has 5 nitrogen and oxygen atoms in total. The van der Waals surface area contributed by atoms with Gasteiger partial charge in [0.2, 0.25) is 5.88 Å². The third-order valence-corrected chi connectivity index (χ3v) is 2.08. The molecule has 0 atom stereocenters. The Hall–Kier alpha value is -2.01. The number of phenols is 1. The lowest BCUT2D eigenvalue weighted by Gasteiger charge is -2.02. The minimum absolute atomic E-state index is 0.0246. The van der Waals surface area contributed by atoms with Gasteiger partial charge in [-0.1, -0.05) is 17.3 Å². The molecule has 1 heterocycles. The Balaban J connectivity index is 2.42. The van der Waals surface area contributed by atoms with Gasteiger partial charge in [-0.05, 0) is 6.07 Å². The Labute approximate surface area is 85.7 Å². The molecule has 5 heteroatoms. The molecule has 78 valence electrons. The first-order valence-corrected chi connectivity index (χ1v) is 4.36. The van der Waals surface area contributed by atoms with E-state index < -0.39 is 0 Å². The SMILES string of the molecule is Nc1cc(-c2ccc(CO)c(O)c2)no1. The fourth-order valence-corrected chi connectivity index (χ4v) is 1.28. The fourth-order valence-electron chi connectivity index (χ4n) is 1.28. The summed E-state index contributed by atoms with van der Waals surface area (Å²) in [6.45, 7) is -0.201. The van der Waals surface area contributed by atoms with Crippen molar-refractivity contribution in [3.05, 3.63) is 29.8 Å². The first-order chi connectivity index (χ1) is 7.20. The van der Waals surface area contributed by atoms with Crippen molar-refractivity contribution in [1.29, 1.82) is 0 Å². The highest BCUT2D eigenvalue weighted by atomic mass is 16.5. The van der Waals surface area contributed by atoms with Crippen molar-refractivity contribution < 1.29 is 14.7 Å². The number of hydrogen-bond acceptors (Lipinski definition) is 5. The van der Waals surface area contributed by atoms with Crippen molar-refractivity contribution in [3.8, 4) is 17.0 Å². The van der Waals surface area contributed by atoms with Gasteiger partial charge >= 0.3 is 0 Å². The monoisotopic (exact) mass is 206 g/mol. The highest BCUT2D eigenvalue weighted by molar-refractivity contribution is 5.63. The maximum absolute atomic E-state index is 9.51. The number of anilines is 1. The predicted octanol–water partition coefficient (Wildman–Crippen LogP) is 1.12. The Bertz CT molecular complexity index is 479. The maximum atomic E-state index is 9.51. The summed E-state index contributed by atoms with van der Waals surface area (Å²) in [4.78, 5) is 0. The second-order valence-electron chi connectivity index (χ2n) is 3.12. The molecular weight excluding hydrogens is 196 g/mol. The minimum atomic E-state index is -0.201. The molecule has 2 aromatic rings. The van der Waals surface area contributed by atoms with Crippen molar-refractivity contribution in [2.24, 2.45) is 0 Å². The number of aromatic nitrogens is 1. The van der Waals surface area contributed by atoms with Gasteiger partial charge in [0.15, 0.2) is 0 Å². The normalized spacial score (nSPS) is 10.5. The molecule has 2 rings (SSSR count). The van der Waals surface area contributed by atoms with Crippen LogP contribution in [0.4, 0.5) is 5.88 Å². The Morgan fingerprint density at radius 3 is 2.67 bits per heavy atom. The third-order valence-electron chi connectivity index (χ3n) is 2.08. The zero-order valence-corrected chi connectivity index (χ0v) is 7.84. The van der Waals surface area contributed by atoms with Gasteiger partial charge in [0.25, 0.3) is 0 Å². The lowest BCUT2D eigenvalue weighted by Crippen LogP contribution is -1.85. The van der Waals surface area contributed by atoms with E-state index in [0.717, 1.165) is 0 Å². The van der Waals surface area contributed by atoms with E-state index in [4.69, 9.17) is 15.4 Å². The molecule has 0 aliphatic rings. The van der Waals surface area contributed by atoms with E-state index >= 15 is 0 Å². The number of benzene rings is 1. The number of nitrogen functional groups attached to an aromatic ring is 1. The van der Waals surface area contributed by atoms with Crippen LogP contribution in [-0.4, -0.2) is 15.4 Å². The number of aromatic hydroxyl groups is 1. The van der Waals surface area contributed by atoms with E-state index in [2.05, 4.69) is 5.16 Å². The van der Waals surface area contributed by atoms with E-state index in [1.165, 1.54) is 6.07 Å². The number of aliphatic hydroxyl groups is 1. The van der Waals surface area contributed by atoms with E-state index in [1.807, 2.05) is 0 Å². The summed E-state index contributed by atoms with van der Waals surface area (Å²) in [6.07, 6.45) is 0. The quantitative estimate of drug-likeness (QED) is 0.684. The van der Waals surface area contributed by atoms with Crippen LogP contribution in [0.2, 0.25) is 0 Å². The van der Waals surface area contributed by atoms with Crippen molar-refractivity contribution in [3.63, 3.8) is 0 Å². The molecule has 0 amide bonds. The third kappa shape index (κ3) is 1.77. The number of aliphatic hydroxyl groups excluding tert-OH is 1. The van der Waals surface area contributed by atoms with Gasteiger partial charge in [-0.25, -0.2) is 0 Å². The van der Waals surface area contributed by atoms with Crippen molar-refractivity contribution in [2.45, 2.75) is 6.61 Å².